The first-order chi connectivity index (χ1) is 28.7. The van der Waals surface area contributed by atoms with Crippen LogP contribution in [-0.4, -0.2) is 85.1 Å². The summed E-state index contributed by atoms with van der Waals surface area (Å²) >= 11 is 0. The number of carboxylic acids is 1. The molecule has 3 aliphatic rings. The number of aryl methyl sites for hydroxylation is 1. The Morgan fingerprint density at radius 3 is 2.15 bits per heavy atom. The number of hydrogen-bond acceptors (Lipinski definition) is 10. The first kappa shape index (κ1) is 40.5. The SMILES string of the molecule is COc1cc(C)c(N=CC2CC(c3ccc(C(=O)O)cc3)=CN2C=O)cc1OCCCCCOc1cc2c(cc1OC)C(=O)N1C=C(c3ccc(CN)cc3)CC1C=N2. The van der Waals surface area contributed by atoms with Gasteiger partial charge >= 0.3 is 5.97 Å². The van der Waals surface area contributed by atoms with E-state index in [9.17, 15) is 19.5 Å². The van der Waals surface area contributed by atoms with Crippen molar-refractivity contribution in [2.24, 2.45) is 15.7 Å². The highest BCUT2D eigenvalue weighted by Gasteiger charge is 2.33. The Morgan fingerprint density at radius 2 is 1.51 bits per heavy atom. The van der Waals surface area contributed by atoms with Gasteiger partial charge in [0.05, 0.1) is 62.0 Å². The lowest BCUT2D eigenvalue weighted by Gasteiger charge is -2.19. The van der Waals surface area contributed by atoms with Gasteiger partial charge in [0.15, 0.2) is 23.0 Å². The van der Waals surface area contributed by atoms with E-state index < -0.39 is 5.97 Å². The molecule has 13 heteroatoms. The van der Waals surface area contributed by atoms with Crippen molar-refractivity contribution >= 4 is 53.2 Å². The maximum Gasteiger partial charge on any atom is 0.335 e. The number of unbranched alkanes of at least 4 members (excludes halogenated alkanes) is 2. The largest absolute Gasteiger partial charge is 0.493 e. The average molecular weight is 798 g/mol. The number of nitrogens with two attached hydrogens (primary N) is 1. The second-order valence-electron chi connectivity index (χ2n) is 14.5. The van der Waals surface area contributed by atoms with Crippen molar-refractivity contribution in [2.45, 2.75) is 57.7 Å². The van der Waals surface area contributed by atoms with Gasteiger partial charge in [0.2, 0.25) is 6.41 Å². The molecule has 0 bridgehead atoms. The van der Waals surface area contributed by atoms with Crippen molar-refractivity contribution in [1.82, 2.24) is 9.80 Å². The molecule has 3 N–H and O–H groups in total. The van der Waals surface area contributed by atoms with E-state index >= 15 is 0 Å². The van der Waals surface area contributed by atoms with Gasteiger partial charge in [0.1, 0.15) is 0 Å². The number of aromatic carboxylic acids is 1. The molecule has 3 heterocycles. The number of rotatable bonds is 17. The molecule has 0 fully saturated rings. The van der Waals surface area contributed by atoms with Gasteiger partial charge in [-0.1, -0.05) is 36.4 Å². The summed E-state index contributed by atoms with van der Waals surface area (Å²) in [4.78, 5) is 49.6. The fourth-order valence-electron chi connectivity index (χ4n) is 7.32. The minimum atomic E-state index is -0.990. The van der Waals surface area contributed by atoms with Gasteiger partial charge < -0.3 is 39.6 Å². The zero-order valence-electron chi connectivity index (χ0n) is 33.3. The molecule has 4 aromatic carbocycles. The number of aliphatic imine (C=N–C) groups is 2. The summed E-state index contributed by atoms with van der Waals surface area (Å²) < 4.78 is 23.6. The number of carboxylic acid groups (broad SMARTS) is 1. The number of ether oxygens (including phenoxy) is 4. The molecule has 3 aliphatic heterocycles. The van der Waals surface area contributed by atoms with Gasteiger partial charge in [-0.05, 0) is 83.9 Å². The zero-order valence-corrected chi connectivity index (χ0v) is 33.3. The van der Waals surface area contributed by atoms with Crippen LogP contribution >= 0.6 is 0 Å². The molecule has 13 nitrogen and oxygen atoms in total. The molecule has 4 aromatic rings. The topological polar surface area (TPSA) is 166 Å². The van der Waals surface area contributed by atoms with Crippen molar-refractivity contribution < 1.29 is 38.4 Å². The van der Waals surface area contributed by atoms with Gasteiger partial charge in [0, 0.05) is 56.3 Å². The highest BCUT2D eigenvalue weighted by molar-refractivity contribution is 6.05. The Labute approximate surface area is 343 Å². The number of fused-ring (bicyclic) bond motifs is 2. The van der Waals surface area contributed by atoms with Crippen LogP contribution < -0.4 is 24.7 Å². The lowest BCUT2D eigenvalue weighted by Crippen LogP contribution is -2.32. The number of hydrogen-bond donors (Lipinski definition) is 2. The Hall–Kier alpha value is -6.73. The maximum absolute atomic E-state index is 13.7. The summed E-state index contributed by atoms with van der Waals surface area (Å²) in [7, 11) is 3.15. The summed E-state index contributed by atoms with van der Waals surface area (Å²) in [5.41, 5.74) is 13.5. The zero-order chi connectivity index (χ0) is 41.5. The molecular weight excluding hydrogens is 751 g/mol. The fourth-order valence-corrected chi connectivity index (χ4v) is 7.32. The number of benzene rings is 4. The first-order valence-electron chi connectivity index (χ1n) is 19.5. The van der Waals surface area contributed by atoms with Gasteiger partial charge in [-0.3, -0.25) is 19.6 Å². The monoisotopic (exact) mass is 797 g/mol. The molecule has 59 heavy (non-hydrogen) atoms. The lowest BCUT2D eigenvalue weighted by atomic mass is 10.0. The fraction of sp³-hybridized carbons (Fsp3) is 0.283. The Bertz CT molecular complexity index is 2330. The predicted octanol–water partition coefficient (Wildman–Crippen LogP) is 7.74. The second kappa shape index (κ2) is 18.2. The first-order valence-corrected chi connectivity index (χ1v) is 19.5. The third-order valence-corrected chi connectivity index (χ3v) is 10.7. The quantitative estimate of drug-likeness (QED) is 0.0618. The smallest absolute Gasteiger partial charge is 0.335 e. The van der Waals surface area contributed by atoms with E-state index in [0.717, 1.165) is 59.1 Å². The van der Waals surface area contributed by atoms with Gasteiger partial charge in [0.25, 0.3) is 5.91 Å². The minimum absolute atomic E-state index is 0.140. The molecule has 2 atom stereocenters. The molecule has 0 aromatic heterocycles. The summed E-state index contributed by atoms with van der Waals surface area (Å²) in [6.07, 6.45) is 11.6. The van der Waals surface area contributed by atoms with Crippen LogP contribution in [0.1, 0.15) is 75.1 Å². The minimum Gasteiger partial charge on any atom is -0.493 e. The summed E-state index contributed by atoms with van der Waals surface area (Å²) in [6, 6.07) is 21.4. The number of methoxy groups -OCH3 is 2. The van der Waals surface area contributed by atoms with Crippen molar-refractivity contribution in [1.29, 1.82) is 0 Å². The molecule has 7 rings (SSSR count). The third kappa shape index (κ3) is 9.05. The predicted molar refractivity (Wildman–Crippen MR) is 226 cm³/mol. The van der Waals surface area contributed by atoms with E-state index in [1.807, 2.05) is 55.7 Å². The van der Waals surface area contributed by atoms with Gasteiger partial charge in [-0.2, -0.15) is 0 Å². The Morgan fingerprint density at radius 1 is 0.864 bits per heavy atom. The van der Waals surface area contributed by atoms with Crippen LogP contribution in [0.3, 0.4) is 0 Å². The summed E-state index contributed by atoms with van der Waals surface area (Å²) in [6.45, 7) is 3.30. The van der Waals surface area contributed by atoms with E-state index in [-0.39, 0.29) is 23.6 Å². The number of carbonyl (C=O) groups excluding carboxylic acids is 2. The average Bonchev–Trinajstić information content (AvgIpc) is 3.86. The Balaban J connectivity index is 0.909. The van der Waals surface area contributed by atoms with Crippen LogP contribution in [0, 0.1) is 6.92 Å². The van der Waals surface area contributed by atoms with Crippen LogP contribution in [0.4, 0.5) is 11.4 Å². The van der Waals surface area contributed by atoms with Crippen molar-refractivity contribution in [3.8, 4) is 23.0 Å². The van der Waals surface area contributed by atoms with Crippen LogP contribution in [0.2, 0.25) is 0 Å². The van der Waals surface area contributed by atoms with Gasteiger partial charge in [-0.25, -0.2) is 4.79 Å². The van der Waals surface area contributed by atoms with Crippen LogP contribution in [0.25, 0.3) is 11.1 Å². The molecule has 0 aliphatic carbocycles. The molecule has 304 valence electrons. The van der Waals surface area contributed by atoms with Gasteiger partial charge in [-0.15, -0.1) is 0 Å². The van der Waals surface area contributed by atoms with E-state index in [1.165, 1.54) is 0 Å². The van der Waals surface area contributed by atoms with E-state index in [0.29, 0.717) is 72.5 Å². The molecule has 2 unspecified atom stereocenters. The number of carbonyl (C=O) groups is 3. The van der Waals surface area contributed by atoms with Crippen molar-refractivity contribution in [2.75, 3.05) is 27.4 Å². The number of nitrogens with zero attached hydrogens (tertiary/aromatic N) is 4. The normalized spacial score (nSPS) is 17.0. The summed E-state index contributed by atoms with van der Waals surface area (Å²) in [5, 5.41) is 9.22. The van der Waals surface area contributed by atoms with E-state index in [4.69, 9.17) is 34.7 Å². The standard InChI is InChI=1S/C46H47N5O8/c1-29-17-41(56-2)43(21-39(29)48-24-36-18-34(26-50(36)28-52)32-11-13-33(14-12-32)46(54)55)58-15-5-4-6-16-59-44-22-40-38(20-42(44)57-3)45(53)51-27-35(19-37(51)25-49-40)31-9-7-30(23-47)8-10-31/h7-14,17,20-22,24-28,36-37H,4-6,15-16,18-19,23,47H2,1-3H3,(H,54,55). The second-order valence-corrected chi connectivity index (χ2v) is 14.5. The Kier molecular flexibility index (Phi) is 12.5. The molecule has 0 radical (unpaired) electrons. The molecule has 0 saturated heterocycles. The molecule has 0 saturated carbocycles. The van der Waals surface area contributed by atoms with E-state index in [2.05, 4.69) is 0 Å². The highest BCUT2D eigenvalue weighted by atomic mass is 16.5. The van der Waals surface area contributed by atoms with Crippen LogP contribution in [0.15, 0.2) is 95.2 Å². The lowest BCUT2D eigenvalue weighted by molar-refractivity contribution is -0.116. The molecule has 2 amide bonds. The highest BCUT2D eigenvalue weighted by Crippen LogP contribution is 2.40. The third-order valence-electron chi connectivity index (χ3n) is 10.7. The summed E-state index contributed by atoms with van der Waals surface area (Å²) in [5.74, 6) is 1.03. The van der Waals surface area contributed by atoms with Crippen molar-refractivity contribution in [3.05, 3.63) is 119 Å². The van der Waals surface area contributed by atoms with Crippen LogP contribution in [0.5, 0.6) is 23.0 Å². The van der Waals surface area contributed by atoms with Crippen LogP contribution in [-0.2, 0) is 11.3 Å². The number of amides is 2. The van der Waals surface area contributed by atoms with E-state index in [1.54, 1.807) is 72.8 Å². The maximum atomic E-state index is 13.7. The molecule has 0 spiro atoms. The molecular formula is C46H47N5O8. The van der Waals surface area contributed by atoms with Crippen molar-refractivity contribution in [3.63, 3.8) is 0 Å².